The molecule has 1 aliphatic heterocycles. The smallest absolute Gasteiger partial charge is 0.254 e. The van der Waals surface area contributed by atoms with Crippen molar-refractivity contribution in [3.63, 3.8) is 0 Å². The third-order valence-corrected chi connectivity index (χ3v) is 5.20. The molecule has 0 spiro atoms. The fourth-order valence-corrected chi connectivity index (χ4v) is 3.35. The molecule has 0 bridgehead atoms. The predicted molar refractivity (Wildman–Crippen MR) is 100 cm³/mol. The van der Waals surface area contributed by atoms with Gasteiger partial charge in [0.25, 0.3) is 5.91 Å². The molecular formula is C20H25ClN2O3. The number of ether oxygens (including phenoxy) is 1. The van der Waals surface area contributed by atoms with E-state index in [4.69, 9.17) is 20.8 Å². The molecule has 2 aromatic rings. The molecule has 1 saturated heterocycles. The van der Waals surface area contributed by atoms with Gasteiger partial charge in [0.05, 0.1) is 12.1 Å². The van der Waals surface area contributed by atoms with Crippen molar-refractivity contribution in [1.29, 1.82) is 0 Å². The maximum Gasteiger partial charge on any atom is 0.254 e. The Balaban J connectivity index is 1.66. The first-order chi connectivity index (χ1) is 12.4. The largest absolute Gasteiger partial charge is 0.445 e. The Bertz CT molecular complexity index is 755. The Hall–Kier alpha value is -1.85. The van der Waals surface area contributed by atoms with E-state index in [1.165, 1.54) is 0 Å². The number of oxazole rings is 1. The van der Waals surface area contributed by atoms with Crippen molar-refractivity contribution in [3.8, 4) is 0 Å². The maximum absolute atomic E-state index is 12.6. The number of rotatable bonds is 5. The Kier molecular flexibility index (Phi) is 5.68. The summed E-state index contributed by atoms with van der Waals surface area (Å²) in [5.74, 6) is 1.67. The van der Waals surface area contributed by atoms with Crippen LogP contribution in [0.15, 0.2) is 34.9 Å². The molecule has 1 fully saturated rings. The molecular weight excluding hydrogens is 352 g/mol. The van der Waals surface area contributed by atoms with Gasteiger partial charge in [-0.05, 0) is 44.4 Å². The van der Waals surface area contributed by atoms with Gasteiger partial charge >= 0.3 is 0 Å². The van der Waals surface area contributed by atoms with Crippen molar-refractivity contribution in [2.45, 2.75) is 44.6 Å². The van der Waals surface area contributed by atoms with Crippen molar-refractivity contribution in [2.75, 3.05) is 20.2 Å². The van der Waals surface area contributed by atoms with Gasteiger partial charge in [0.2, 0.25) is 0 Å². The predicted octanol–water partition coefficient (Wildman–Crippen LogP) is 4.05. The molecule has 2 heterocycles. The lowest BCUT2D eigenvalue weighted by Gasteiger charge is -2.36. The number of benzene rings is 1. The summed E-state index contributed by atoms with van der Waals surface area (Å²) >= 11 is 5.93. The second-order valence-corrected chi connectivity index (χ2v) is 7.71. The lowest BCUT2D eigenvalue weighted by atomic mass is 9.96. The minimum Gasteiger partial charge on any atom is -0.445 e. The summed E-state index contributed by atoms with van der Waals surface area (Å²) in [5.41, 5.74) is 0.317. The van der Waals surface area contributed by atoms with Gasteiger partial charge in [0.15, 0.2) is 5.89 Å². The molecule has 3 rings (SSSR count). The summed E-state index contributed by atoms with van der Waals surface area (Å²) in [6, 6.07) is 7.71. The standard InChI is InChI=1S/C20H25ClN2O3/c1-20(2,25-3)19(24)23-10-4-5-15(13-23)18-22-12-17(26-18)11-14-6-8-16(21)9-7-14/h6-9,12,15H,4-5,10-11,13H2,1-3H3/t15-/m0/s1. The second kappa shape index (κ2) is 7.80. The highest BCUT2D eigenvalue weighted by Crippen LogP contribution is 2.29. The van der Waals surface area contributed by atoms with Gasteiger partial charge in [0.1, 0.15) is 11.4 Å². The number of hydrogen-bond acceptors (Lipinski definition) is 4. The number of aromatic nitrogens is 1. The Labute approximate surface area is 159 Å². The zero-order chi connectivity index (χ0) is 18.7. The van der Waals surface area contributed by atoms with Crippen LogP contribution in [0.2, 0.25) is 5.02 Å². The highest BCUT2D eigenvalue weighted by Gasteiger charge is 2.35. The number of methoxy groups -OCH3 is 1. The normalized spacial score (nSPS) is 18.2. The molecule has 1 aromatic carbocycles. The van der Waals surface area contributed by atoms with Crippen LogP contribution in [0.4, 0.5) is 0 Å². The first kappa shape index (κ1) is 18.9. The van der Waals surface area contributed by atoms with Crippen molar-refractivity contribution in [1.82, 2.24) is 9.88 Å². The van der Waals surface area contributed by atoms with Crippen LogP contribution in [0.25, 0.3) is 0 Å². The number of hydrogen-bond donors (Lipinski definition) is 0. The average Bonchev–Trinajstić information content (AvgIpc) is 3.11. The van der Waals surface area contributed by atoms with Gasteiger partial charge in [-0.15, -0.1) is 0 Å². The van der Waals surface area contributed by atoms with Gasteiger partial charge in [-0.1, -0.05) is 23.7 Å². The average molecular weight is 377 g/mol. The number of amides is 1. The fourth-order valence-electron chi connectivity index (χ4n) is 3.23. The molecule has 1 amide bonds. The number of halogens is 1. The number of likely N-dealkylation sites (tertiary alicyclic amines) is 1. The van der Waals surface area contributed by atoms with E-state index in [9.17, 15) is 4.79 Å². The van der Waals surface area contributed by atoms with Gasteiger partial charge in [0, 0.05) is 31.6 Å². The summed E-state index contributed by atoms with van der Waals surface area (Å²) in [7, 11) is 1.57. The van der Waals surface area contributed by atoms with Crippen LogP contribution in [0, 0.1) is 0 Å². The SMILES string of the molecule is COC(C)(C)C(=O)N1CCC[C@H](c2ncc(Cc3ccc(Cl)cc3)o2)C1. The molecule has 1 atom stereocenters. The van der Waals surface area contributed by atoms with E-state index < -0.39 is 5.60 Å². The van der Waals surface area contributed by atoms with Crippen molar-refractivity contribution in [2.24, 2.45) is 0 Å². The quantitative estimate of drug-likeness (QED) is 0.789. The summed E-state index contributed by atoms with van der Waals surface area (Å²) in [6.45, 7) is 4.97. The van der Waals surface area contributed by atoms with Crippen LogP contribution in [0.3, 0.4) is 0 Å². The van der Waals surface area contributed by atoms with Crippen LogP contribution in [-0.2, 0) is 16.0 Å². The molecule has 140 valence electrons. The fraction of sp³-hybridized carbons (Fsp3) is 0.500. The second-order valence-electron chi connectivity index (χ2n) is 7.27. The first-order valence-corrected chi connectivity index (χ1v) is 9.30. The zero-order valence-corrected chi connectivity index (χ0v) is 16.3. The lowest BCUT2D eigenvalue weighted by molar-refractivity contribution is -0.152. The molecule has 26 heavy (non-hydrogen) atoms. The Morgan fingerprint density at radius 3 is 2.81 bits per heavy atom. The molecule has 0 N–H and O–H groups in total. The molecule has 1 aliphatic rings. The van der Waals surface area contributed by atoms with E-state index in [-0.39, 0.29) is 11.8 Å². The van der Waals surface area contributed by atoms with Crippen LogP contribution in [0.5, 0.6) is 0 Å². The summed E-state index contributed by atoms with van der Waals surface area (Å²) in [4.78, 5) is 19.0. The Morgan fingerprint density at radius 2 is 2.12 bits per heavy atom. The van der Waals surface area contributed by atoms with E-state index in [1.807, 2.05) is 29.2 Å². The molecule has 0 aliphatic carbocycles. The number of nitrogens with zero attached hydrogens (tertiary/aromatic N) is 2. The third-order valence-electron chi connectivity index (χ3n) is 4.95. The molecule has 0 radical (unpaired) electrons. The van der Waals surface area contributed by atoms with Crippen molar-refractivity contribution in [3.05, 3.63) is 52.7 Å². The molecule has 0 unspecified atom stereocenters. The topological polar surface area (TPSA) is 55.6 Å². The maximum atomic E-state index is 12.6. The van der Waals surface area contributed by atoms with Gasteiger partial charge in [-0.2, -0.15) is 0 Å². The summed E-state index contributed by atoms with van der Waals surface area (Å²) < 4.78 is 11.3. The van der Waals surface area contributed by atoms with Gasteiger partial charge in [-0.25, -0.2) is 4.98 Å². The van der Waals surface area contributed by atoms with Crippen molar-refractivity contribution < 1.29 is 13.9 Å². The summed E-state index contributed by atoms with van der Waals surface area (Å²) in [6.07, 6.45) is 4.36. The minimum absolute atomic E-state index is 0.0117. The third kappa shape index (κ3) is 4.27. The molecule has 5 nitrogen and oxygen atoms in total. The number of piperidine rings is 1. The lowest BCUT2D eigenvalue weighted by Crippen LogP contribution is -2.49. The van der Waals surface area contributed by atoms with E-state index in [2.05, 4.69) is 4.98 Å². The van der Waals surface area contributed by atoms with Crippen LogP contribution in [0.1, 0.15) is 49.8 Å². The van der Waals surface area contributed by atoms with E-state index in [0.29, 0.717) is 18.9 Å². The molecule has 1 aromatic heterocycles. The van der Waals surface area contributed by atoms with E-state index in [0.717, 1.165) is 35.7 Å². The zero-order valence-electron chi connectivity index (χ0n) is 15.5. The van der Waals surface area contributed by atoms with Crippen molar-refractivity contribution >= 4 is 17.5 Å². The van der Waals surface area contributed by atoms with Crippen LogP contribution >= 0.6 is 11.6 Å². The molecule has 0 saturated carbocycles. The monoisotopic (exact) mass is 376 g/mol. The van der Waals surface area contributed by atoms with Gasteiger partial charge < -0.3 is 14.1 Å². The first-order valence-electron chi connectivity index (χ1n) is 8.92. The van der Waals surface area contributed by atoms with E-state index >= 15 is 0 Å². The summed E-state index contributed by atoms with van der Waals surface area (Å²) in [5, 5.41) is 0.720. The highest BCUT2D eigenvalue weighted by molar-refractivity contribution is 6.30. The van der Waals surface area contributed by atoms with Gasteiger partial charge in [-0.3, -0.25) is 4.79 Å². The van der Waals surface area contributed by atoms with Crippen LogP contribution in [-0.4, -0.2) is 41.6 Å². The highest BCUT2D eigenvalue weighted by atomic mass is 35.5. The van der Waals surface area contributed by atoms with E-state index in [1.54, 1.807) is 27.2 Å². The minimum atomic E-state index is -0.807. The molecule has 6 heteroatoms. The number of carbonyl (C=O) groups excluding carboxylic acids is 1. The van der Waals surface area contributed by atoms with Crippen LogP contribution < -0.4 is 0 Å². The number of carbonyl (C=O) groups is 1. The Morgan fingerprint density at radius 1 is 1.38 bits per heavy atom.